The van der Waals surface area contributed by atoms with Gasteiger partial charge in [0, 0.05) is 12.1 Å². The van der Waals surface area contributed by atoms with Gasteiger partial charge < -0.3 is 5.73 Å². The quantitative estimate of drug-likeness (QED) is 0.691. The van der Waals surface area contributed by atoms with E-state index in [4.69, 9.17) is 5.73 Å². The zero-order valence-electron chi connectivity index (χ0n) is 12.2. The van der Waals surface area contributed by atoms with Crippen molar-refractivity contribution in [3.8, 4) is 0 Å². The number of nitrogens with zero attached hydrogens (tertiary/aromatic N) is 1. The Morgan fingerprint density at radius 3 is 2.29 bits per heavy atom. The first kappa shape index (κ1) is 15.0. The zero-order valence-corrected chi connectivity index (χ0v) is 12.2. The minimum absolute atomic E-state index is 0.319. The van der Waals surface area contributed by atoms with Crippen molar-refractivity contribution in [1.29, 1.82) is 0 Å². The second-order valence-electron chi connectivity index (χ2n) is 5.91. The topological polar surface area (TPSA) is 29.3 Å². The van der Waals surface area contributed by atoms with Crippen LogP contribution in [0.5, 0.6) is 0 Å². The smallest absolute Gasteiger partial charge is 0.0328 e. The Morgan fingerprint density at radius 2 is 1.82 bits per heavy atom. The number of nitrogens with two attached hydrogens (primary N) is 1. The molecule has 0 aliphatic heterocycles. The highest BCUT2D eigenvalue weighted by molar-refractivity contribution is 4.94. The lowest BCUT2D eigenvalue weighted by Crippen LogP contribution is -2.54. The largest absolute Gasteiger partial charge is 0.329 e. The van der Waals surface area contributed by atoms with Gasteiger partial charge in [-0.25, -0.2) is 0 Å². The average molecular weight is 240 g/mol. The molecular weight excluding hydrogens is 208 g/mol. The van der Waals surface area contributed by atoms with Crippen LogP contribution in [0.2, 0.25) is 0 Å². The zero-order chi connectivity index (χ0) is 12.7. The van der Waals surface area contributed by atoms with Gasteiger partial charge in [-0.15, -0.1) is 0 Å². The fourth-order valence-electron chi connectivity index (χ4n) is 3.20. The molecule has 1 fully saturated rings. The Hall–Kier alpha value is -0.0800. The van der Waals surface area contributed by atoms with Crippen molar-refractivity contribution in [3.05, 3.63) is 0 Å². The molecule has 2 heteroatoms. The van der Waals surface area contributed by atoms with Crippen molar-refractivity contribution in [2.75, 3.05) is 20.1 Å². The Bertz CT molecular complexity index is 195. The molecule has 0 amide bonds. The van der Waals surface area contributed by atoms with Gasteiger partial charge in [0.2, 0.25) is 0 Å². The van der Waals surface area contributed by atoms with Crippen molar-refractivity contribution >= 4 is 0 Å². The fraction of sp³-hybridized carbons (Fsp3) is 1.00. The third-order valence-corrected chi connectivity index (χ3v) is 4.90. The van der Waals surface area contributed by atoms with Crippen molar-refractivity contribution < 1.29 is 0 Å². The monoisotopic (exact) mass is 240 g/mol. The second kappa shape index (κ2) is 7.38. The molecule has 2 nitrogen and oxygen atoms in total. The van der Waals surface area contributed by atoms with E-state index in [1.165, 1.54) is 57.9 Å². The van der Waals surface area contributed by atoms with Crippen LogP contribution in [0, 0.1) is 5.92 Å². The predicted octanol–water partition coefficient (Wildman–Crippen LogP) is 3.41. The lowest BCUT2D eigenvalue weighted by molar-refractivity contribution is 0.0627. The van der Waals surface area contributed by atoms with Gasteiger partial charge in [-0.1, -0.05) is 33.1 Å². The van der Waals surface area contributed by atoms with E-state index in [2.05, 4.69) is 25.8 Å². The normalized spacial score (nSPS) is 29.8. The van der Waals surface area contributed by atoms with E-state index in [1.807, 2.05) is 0 Å². The summed E-state index contributed by atoms with van der Waals surface area (Å²) in [7, 11) is 2.29. The van der Waals surface area contributed by atoms with Gasteiger partial charge in [-0.2, -0.15) is 0 Å². The first-order valence-corrected chi connectivity index (χ1v) is 7.59. The molecule has 0 atom stereocenters. The first-order chi connectivity index (χ1) is 8.18. The summed E-state index contributed by atoms with van der Waals surface area (Å²) in [5.74, 6) is 0.957. The maximum Gasteiger partial charge on any atom is 0.0328 e. The van der Waals surface area contributed by atoms with Crippen LogP contribution in [0.25, 0.3) is 0 Å². The minimum atomic E-state index is 0.319. The molecule has 17 heavy (non-hydrogen) atoms. The molecule has 0 bridgehead atoms. The van der Waals surface area contributed by atoms with Crippen molar-refractivity contribution in [2.45, 2.75) is 70.8 Å². The van der Waals surface area contributed by atoms with Crippen LogP contribution < -0.4 is 5.73 Å². The molecule has 0 aromatic heterocycles. The first-order valence-electron chi connectivity index (χ1n) is 7.59. The number of rotatable bonds is 7. The SMILES string of the molecule is CCCCCN(C)C1(CN)CCC(CC)CC1. The van der Waals surface area contributed by atoms with Crippen LogP contribution in [-0.2, 0) is 0 Å². The number of unbranched alkanes of at least 4 members (excludes halogenated alkanes) is 2. The van der Waals surface area contributed by atoms with Gasteiger partial charge in [0.1, 0.15) is 0 Å². The molecule has 0 unspecified atom stereocenters. The fourth-order valence-corrected chi connectivity index (χ4v) is 3.20. The van der Waals surface area contributed by atoms with E-state index in [0.717, 1.165) is 12.5 Å². The van der Waals surface area contributed by atoms with Gasteiger partial charge in [0.15, 0.2) is 0 Å². The summed E-state index contributed by atoms with van der Waals surface area (Å²) in [6.07, 6.45) is 10.7. The van der Waals surface area contributed by atoms with E-state index in [-0.39, 0.29) is 0 Å². The van der Waals surface area contributed by atoms with Crippen molar-refractivity contribution in [1.82, 2.24) is 4.90 Å². The van der Waals surface area contributed by atoms with E-state index in [0.29, 0.717) is 5.54 Å². The van der Waals surface area contributed by atoms with Crippen molar-refractivity contribution in [2.24, 2.45) is 11.7 Å². The molecule has 0 spiro atoms. The summed E-state index contributed by atoms with van der Waals surface area (Å²) in [5.41, 5.74) is 6.41. The number of likely N-dealkylation sites (N-methyl/N-ethyl adjacent to an activating group) is 1. The molecule has 2 N–H and O–H groups in total. The molecule has 1 aliphatic rings. The van der Waals surface area contributed by atoms with Crippen LogP contribution in [0.3, 0.4) is 0 Å². The molecule has 0 heterocycles. The van der Waals surface area contributed by atoms with E-state index in [1.54, 1.807) is 0 Å². The Kier molecular flexibility index (Phi) is 6.50. The molecule has 1 aliphatic carbocycles. The van der Waals surface area contributed by atoms with Crippen molar-refractivity contribution in [3.63, 3.8) is 0 Å². The highest BCUT2D eigenvalue weighted by Gasteiger charge is 2.36. The van der Waals surface area contributed by atoms with Crippen LogP contribution in [0.1, 0.15) is 65.2 Å². The summed E-state index contributed by atoms with van der Waals surface area (Å²) < 4.78 is 0. The highest BCUT2D eigenvalue weighted by Crippen LogP contribution is 2.36. The van der Waals surface area contributed by atoms with Gasteiger partial charge in [0.25, 0.3) is 0 Å². The predicted molar refractivity (Wildman–Crippen MR) is 76.2 cm³/mol. The average Bonchev–Trinajstić information content (AvgIpc) is 2.39. The third-order valence-electron chi connectivity index (χ3n) is 4.90. The second-order valence-corrected chi connectivity index (χ2v) is 5.91. The third kappa shape index (κ3) is 3.96. The summed E-state index contributed by atoms with van der Waals surface area (Å²) >= 11 is 0. The molecule has 0 aromatic rings. The summed E-state index contributed by atoms with van der Waals surface area (Å²) in [6, 6.07) is 0. The van der Waals surface area contributed by atoms with Gasteiger partial charge in [-0.3, -0.25) is 4.90 Å². The maximum absolute atomic E-state index is 6.09. The number of hydrogen-bond donors (Lipinski definition) is 1. The molecule has 0 saturated heterocycles. The van der Waals surface area contributed by atoms with E-state index < -0.39 is 0 Å². The Labute approximate surface area is 108 Å². The minimum Gasteiger partial charge on any atom is -0.329 e. The molecule has 1 rings (SSSR count). The Morgan fingerprint density at radius 1 is 1.18 bits per heavy atom. The maximum atomic E-state index is 6.09. The molecule has 0 aromatic carbocycles. The molecular formula is C15H32N2. The summed E-state index contributed by atoms with van der Waals surface area (Å²) in [4.78, 5) is 2.56. The highest BCUT2D eigenvalue weighted by atomic mass is 15.2. The Balaban J connectivity index is 2.45. The van der Waals surface area contributed by atoms with E-state index >= 15 is 0 Å². The lowest BCUT2D eigenvalue weighted by Gasteiger charge is -2.46. The molecule has 0 radical (unpaired) electrons. The van der Waals surface area contributed by atoms with Gasteiger partial charge in [-0.05, 0) is 51.6 Å². The summed E-state index contributed by atoms with van der Waals surface area (Å²) in [6.45, 7) is 6.66. The molecule has 1 saturated carbocycles. The standard InChI is InChI=1S/C15H32N2/c1-4-6-7-12-17(3)15(13-16)10-8-14(5-2)9-11-15/h14H,4-13,16H2,1-3H3. The lowest BCUT2D eigenvalue weighted by atomic mass is 9.74. The van der Waals surface area contributed by atoms with Gasteiger partial charge in [0.05, 0.1) is 0 Å². The number of hydrogen-bond acceptors (Lipinski definition) is 2. The van der Waals surface area contributed by atoms with Crippen LogP contribution in [-0.4, -0.2) is 30.6 Å². The summed E-state index contributed by atoms with van der Waals surface area (Å²) in [5, 5.41) is 0. The van der Waals surface area contributed by atoms with Crippen LogP contribution >= 0.6 is 0 Å². The van der Waals surface area contributed by atoms with Gasteiger partial charge >= 0.3 is 0 Å². The molecule has 102 valence electrons. The van der Waals surface area contributed by atoms with Crippen LogP contribution in [0.4, 0.5) is 0 Å². The van der Waals surface area contributed by atoms with E-state index in [9.17, 15) is 0 Å². The van der Waals surface area contributed by atoms with Crippen LogP contribution in [0.15, 0.2) is 0 Å².